The topological polar surface area (TPSA) is 89.7 Å². The van der Waals surface area contributed by atoms with Crippen molar-refractivity contribution in [3.05, 3.63) is 43.6 Å². The number of carboxylic acids is 1. The molecular formula is C16H17Cl2NO5. The van der Waals surface area contributed by atoms with Crippen LogP contribution in [0.1, 0.15) is 44.6 Å². The molecule has 0 bridgehead atoms. The maximum Gasteiger partial charge on any atom is 0.348 e. The predicted molar refractivity (Wildman–Crippen MR) is 91.2 cm³/mol. The summed E-state index contributed by atoms with van der Waals surface area (Å²) < 4.78 is 5.60. The minimum Gasteiger partial charge on any atom is -0.478 e. The van der Waals surface area contributed by atoms with Crippen LogP contribution >= 0.6 is 23.2 Å². The zero-order chi connectivity index (χ0) is 17.9. The third-order valence-electron chi connectivity index (χ3n) is 4.00. The Balaban J connectivity index is 2.33. The first kappa shape index (κ1) is 18.5. The molecule has 2 rings (SSSR count). The molecule has 24 heavy (non-hydrogen) atoms. The first-order valence-corrected chi connectivity index (χ1v) is 8.31. The Kier molecular flexibility index (Phi) is 5.72. The van der Waals surface area contributed by atoms with Crippen LogP contribution in [0.15, 0.2) is 17.8 Å². The number of aliphatic carboxylic acids is 1. The Hall–Kier alpha value is -1.79. The van der Waals surface area contributed by atoms with Crippen LogP contribution < -0.4 is 4.74 Å². The molecule has 0 radical (unpaired) electrons. The normalized spacial score (nSPS) is 16.4. The van der Waals surface area contributed by atoms with E-state index in [9.17, 15) is 20.0 Å². The summed E-state index contributed by atoms with van der Waals surface area (Å²) >= 11 is 12.4. The maximum atomic E-state index is 11.4. The molecule has 8 heteroatoms. The summed E-state index contributed by atoms with van der Waals surface area (Å²) in [5.74, 6) is -0.873. The van der Waals surface area contributed by atoms with Gasteiger partial charge in [-0.2, -0.15) is 0 Å². The number of ether oxygens (including phenoxy) is 1. The molecule has 0 heterocycles. The van der Waals surface area contributed by atoms with Crippen molar-refractivity contribution in [3.8, 4) is 5.75 Å². The molecule has 0 spiro atoms. The lowest BCUT2D eigenvalue weighted by Crippen LogP contribution is -2.50. The van der Waals surface area contributed by atoms with E-state index in [0.717, 1.165) is 6.42 Å². The molecule has 0 saturated heterocycles. The summed E-state index contributed by atoms with van der Waals surface area (Å²) in [4.78, 5) is 22.0. The van der Waals surface area contributed by atoms with Crippen molar-refractivity contribution >= 4 is 35.2 Å². The lowest BCUT2D eigenvalue weighted by molar-refractivity contribution is -0.426. The number of benzene rings is 1. The second kappa shape index (κ2) is 7.40. The molecule has 1 fully saturated rings. The van der Waals surface area contributed by atoms with Crippen molar-refractivity contribution in [3.63, 3.8) is 0 Å². The summed E-state index contributed by atoms with van der Waals surface area (Å²) in [6, 6.07) is 3.03. The number of nitrogens with zero attached hydrogens (tertiary/aromatic N) is 1. The number of nitro groups is 1. The van der Waals surface area contributed by atoms with E-state index in [0.29, 0.717) is 31.2 Å². The molecule has 130 valence electrons. The van der Waals surface area contributed by atoms with E-state index >= 15 is 0 Å². The SMILES string of the molecule is CCC/C(=C\c1ccc(OC2(C(=O)O)CCC2)c(Cl)c1Cl)[N+](=O)[O-]. The first-order valence-electron chi connectivity index (χ1n) is 7.56. The van der Waals surface area contributed by atoms with Gasteiger partial charge < -0.3 is 9.84 Å². The van der Waals surface area contributed by atoms with Gasteiger partial charge in [0.15, 0.2) is 0 Å². The molecule has 6 nitrogen and oxygen atoms in total. The van der Waals surface area contributed by atoms with Gasteiger partial charge in [-0.15, -0.1) is 0 Å². The van der Waals surface area contributed by atoms with Crippen molar-refractivity contribution < 1.29 is 19.6 Å². The monoisotopic (exact) mass is 373 g/mol. The van der Waals surface area contributed by atoms with Crippen molar-refractivity contribution in [1.29, 1.82) is 0 Å². The molecule has 1 aromatic carbocycles. The summed E-state index contributed by atoms with van der Waals surface area (Å²) in [6.07, 6.45) is 3.88. The van der Waals surface area contributed by atoms with Gasteiger partial charge in [-0.3, -0.25) is 10.1 Å². The van der Waals surface area contributed by atoms with Crippen molar-refractivity contribution in [2.24, 2.45) is 0 Å². The second-order valence-electron chi connectivity index (χ2n) is 5.68. The predicted octanol–water partition coefficient (Wildman–Crippen LogP) is 4.80. The highest BCUT2D eigenvalue weighted by atomic mass is 35.5. The summed E-state index contributed by atoms with van der Waals surface area (Å²) in [6.45, 7) is 1.84. The summed E-state index contributed by atoms with van der Waals surface area (Å²) in [5.41, 5.74) is -0.837. The zero-order valence-electron chi connectivity index (χ0n) is 13.1. The van der Waals surface area contributed by atoms with E-state index in [-0.39, 0.29) is 21.5 Å². The van der Waals surface area contributed by atoms with Crippen LogP contribution in [-0.4, -0.2) is 21.6 Å². The van der Waals surface area contributed by atoms with Crippen LogP contribution in [0.3, 0.4) is 0 Å². The van der Waals surface area contributed by atoms with Gasteiger partial charge in [-0.25, -0.2) is 4.79 Å². The fourth-order valence-electron chi connectivity index (χ4n) is 2.46. The van der Waals surface area contributed by atoms with Gasteiger partial charge in [-0.1, -0.05) is 30.1 Å². The molecule has 1 aliphatic carbocycles. The quantitative estimate of drug-likeness (QED) is 0.547. The summed E-state index contributed by atoms with van der Waals surface area (Å²) in [5, 5.41) is 20.5. The molecule has 0 atom stereocenters. The summed E-state index contributed by atoms with van der Waals surface area (Å²) in [7, 11) is 0. The van der Waals surface area contributed by atoms with Crippen LogP contribution in [0.25, 0.3) is 6.08 Å². The Labute approximate surface area is 149 Å². The Morgan fingerprint density at radius 3 is 2.54 bits per heavy atom. The lowest BCUT2D eigenvalue weighted by atomic mass is 9.80. The van der Waals surface area contributed by atoms with Crippen LogP contribution in [0, 0.1) is 10.1 Å². The molecular weight excluding hydrogens is 357 g/mol. The number of carbonyl (C=O) groups is 1. The number of hydrogen-bond donors (Lipinski definition) is 1. The zero-order valence-corrected chi connectivity index (χ0v) is 14.6. The smallest absolute Gasteiger partial charge is 0.348 e. The number of halogens is 2. The van der Waals surface area contributed by atoms with E-state index in [4.69, 9.17) is 27.9 Å². The molecule has 1 aromatic rings. The van der Waals surface area contributed by atoms with Gasteiger partial charge in [-0.05, 0) is 37.8 Å². The van der Waals surface area contributed by atoms with E-state index < -0.39 is 16.5 Å². The number of hydrogen-bond acceptors (Lipinski definition) is 4. The Morgan fingerprint density at radius 1 is 1.42 bits per heavy atom. The molecule has 0 unspecified atom stereocenters. The maximum absolute atomic E-state index is 11.4. The average molecular weight is 374 g/mol. The van der Waals surface area contributed by atoms with E-state index in [1.807, 2.05) is 6.92 Å². The van der Waals surface area contributed by atoms with Gasteiger partial charge >= 0.3 is 5.97 Å². The highest BCUT2D eigenvalue weighted by Crippen LogP contribution is 2.42. The third-order valence-corrected chi connectivity index (χ3v) is 4.88. The van der Waals surface area contributed by atoms with Gasteiger partial charge in [0.1, 0.15) is 10.8 Å². The first-order chi connectivity index (χ1) is 11.3. The van der Waals surface area contributed by atoms with Crippen LogP contribution in [0.5, 0.6) is 5.75 Å². The number of allylic oxidation sites excluding steroid dienone is 1. The second-order valence-corrected chi connectivity index (χ2v) is 6.43. The molecule has 0 aliphatic heterocycles. The highest BCUT2D eigenvalue weighted by molar-refractivity contribution is 6.43. The molecule has 1 aliphatic rings. The van der Waals surface area contributed by atoms with E-state index in [2.05, 4.69) is 0 Å². The largest absolute Gasteiger partial charge is 0.478 e. The van der Waals surface area contributed by atoms with E-state index in [1.165, 1.54) is 18.2 Å². The molecule has 1 saturated carbocycles. The van der Waals surface area contributed by atoms with Gasteiger partial charge in [0, 0.05) is 18.1 Å². The standard InChI is InChI=1S/C16H17Cl2NO5/c1-2-4-11(19(22)23)9-10-5-6-12(14(18)13(10)17)24-16(15(20)21)7-3-8-16/h5-6,9H,2-4,7-8H2,1H3,(H,20,21)/b11-9+. The van der Waals surface area contributed by atoms with Crippen molar-refractivity contribution in [2.75, 3.05) is 0 Å². The van der Waals surface area contributed by atoms with Gasteiger partial charge in [0.05, 0.1) is 9.95 Å². The van der Waals surface area contributed by atoms with Crippen LogP contribution in [0.4, 0.5) is 0 Å². The van der Waals surface area contributed by atoms with Crippen LogP contribution in [-0.2, 0) is 4.79 Å². The van der Waals surface area contributed by atoms with E-state index in [1.54, 1.807) is 0 Å². The third kappa shape index (κ3) is 3.65. The molecule has 0 amide bonds. The fourth-order valence-corrected chi connectivity index (χ4v) is 2.88. The molecule has 1 N–H and O–H groups in total. The highest BCUT2D eigenvalue weighted by Gasteiger charge is 2.47. The molecule has 0 aromatic heterocycles. The Morgan fingerprint density at radius 2 is 2.08 bits per heavy atom. The fraction of sp³-hybridized carbons (Fsp3) is 0.438. The Bertz CT molecular complexity index is 698. The minimum atomic E-state index is -1.27. The van der Waals surface area contributed by atoms with Crippen molar-refractivity contribution in [1.82, 2.24) is 0 Å². The number of rotatable bonds is 7. The number of carboxylic acid groups (broad SMARTS) is 1. The minimum absolute atomic E-state index is 0.0325. The lowest BCUT2D eigenvalue weighted by Gasteiger charge is -2.37. The average Bonchev–Trinajstić information content (AvgIpc) is 2.48. The van der Waals surface area contributed by atoms with Crippen LogP contribution in [0.2, 0.25) is 10.0 Å². The van der Waals surface area contributed by atoms with Gasteiger partial charge in [0.25, 0.3) is 0 Å². The van der Waals surface area contributed by atoms with Gasteiger partial charge in [0.2, 0.25) is 11.3 Å². The van der Waals surface area contributed by atoms with Crippen molar-refractivity contribution in [2.45, 2.75) is 44.6 Å².